The third kappa shape index (κ3) is 3.99. The van der Waals surface area contributed by atoms with E-state index in [-0.39, 0.29) is 22.7 Å². The fourth-order valence-corrected chi connectivity index (χ4v) is 4.36. The second-order valence-corrected chi connectivity index (χ2v) is 7.07. The molecule has 6 heteroatoms. The van der Waals surface area contributed by atoms with Gasteiger partial charge in [0, 0.05) is 33.8 Å². The summed E-state index contributed by atoms with van der Waals surface area (Å²) in [6.07, 6.45) is 3.56. The zero-order valence-corrected chi connectivity index (χ0v) is 17.1. The summed E-state index contributed by atoms with van der Waals surface area (Å²) in [6, 6.07) is 21.9. The Kier molecular flexibility index (Phi) is 6.56. The predicted molar refractivity (Wildman–Crippen MR) is 115 cm³/mol. The molecule has 0 atom stereocenters. The largest absolute Gasteiger partial charge is 0.492 e. The molecule has 143 valence electrons. The van der Waals surface area contributed by atoms with Crippen LogP contribution < -0.4 is 4.90 Å². The molecule has 0 bridgehead atoms. The Morgan fingerprint density at radius 2 is 1.79 bits per heavy atom. The zero-order chi connectivity index (χ0) is 18.6. The van der Waals surface area contributed by atoms with E-state index in [4.69, 9.17) is 0 Å². The quantitative estimate of drug-likeness (QED) is 0.332. The van der Waals surface area contributed by atoms with Crippen LogP contribution >= 0.6 is 11.8 Å². The van der Waals surface area contributed by atoms with Crippen LogP contribution in [-0.2, 0) is 16.8 Å². The number of thioether (sulfide) groups is 1. The summed E-state index contributed by atoms with van der Waals surface area (Å²) >= 11 is 1.74. The molecule has 4 nitrogen and oxygen atoms in total. The van der Waals surface area contributed by atoms with Gasteiger partial charge in [-0.1, -0.05) is 60.3 Å². The van der Waals surface area contributed by atoms with Crippen molar-refractivity contribution in [2.75, 3.05) is 11.4 Å². The van der Waals surface area contributed by atoms with Crippen LogP contribution in [-0.4, -0.2) is 23.8 Å². The average molecular weight is 432 g/mol. The van der Waals surface area contributed by atoms with Gasteiger partial charge < -0.3 is 10.0 Å². The molecular formula is C22H19CoN3OS. The molecule has 0 amide bonds. The van der Waals surface area contributed by atoms with Gasteiger partial charge in [-0.05, 0) is 42.0 Å². The van der Waals surface area contributed by atoms with Gasteiger partial charge in [0.1, 0.15) is 0 Å². The van der Waals surface area contributed by atoms with Crippen LogP contribution in [0.5, 0.6) is 0 Å². The minimum Gasteiger partial charge on any atom is -0.492 e. The van der Waals surface area contributed by atoms with Crippen LogP contribution in [0.2, 0.25) is 0 Å². The van der Waals surface area contributed by atoms with Crippen LogP contribution in [0.3, 0.4) is 0 Å². The molecular weight excluding hydrogens is 413 g/mol. The maximum atomic E-state index is 9.97. The van der Waals surface area contributed by atoms with Gasteiger partial charge in [-0.3, -0.25) is 0 Å². The Balaban J connectivity index is 0.00000225. The Bertz CT molecular complexity index is 1060. The third-order valence-electron chi connectivity index (χ3n) is 4.41. The van der Waals surface area contributed by atoms with Crippen molar-refractivity contribution in [2.45, 2.75) is 11.8 Å². The topological polar surface area (TPSA) is 48.2 Å². The number of hydrogen-bond acceptors (Lipinski definition) is 4. The van der Waals surface area contributed by atoms with E-state index in [1.54, 1.807) is 30.1 Å². The van der Waals surface area contributed by atoms with E-state index in [2.05, 4.69) is 58.4 Å². The molecule has 0 saturated heterocycles. The third-order valence-corrected chi connectivity index (χ3v) is 5.61. The first-order valence-electron chi connectivity index (χ1n) is 8.80. The van der Waals surface area contributed by atoms with Crippen molar-refractivity contribution in [3.63, 3.8) is 0 Å². The molecule has 0 fully saturated rings. The van der Waals surface area contributed by atoms with E-state index in [9.17, 15) is 5.11 Å². The van der Waals surface area contributed by atoms with E-state index in [0.717, 1.165) is 11.6 Å². The molecule has 0 saturated carbocycles. The van der Waals surface area contributed by atoms with E-state index in [0.29, 0.717) is 5.56 Å². The molecule has 1 heterocycles. The minimum atomic E-state index is -0.0917. The van der Waals surface area contributed by atoms with Gasteiger partial charge >= 0.3 is 0 Å². The fraction of sp³-hybridized carbons (Fsp3) is 0.0909. The second-order valence-electron chi connectivity index (χ2n) is 6.04. The van der Waals surface area contributed by atoms with Crippen LogP contribution in [0.15, 0.2) is 92.9 Å². The molecule has 1 aliphatic heterocycles. The molecule has 4 rings (SSSR count). The van der Waals surface area contributed by atoms with Gasteiger partial charge in [0.05, 0.1) is 16.9 Å². The molecule has 0 unspecified atom stereocenters. The van der Waals surface area contributed by atoms with Crippen molar-refractivity contribution in [2.24, 2.45) is 10.2 Å². The van der Waals surface area contributed by atoms with Gasteiger partial charge in [0.15, 0.2) is 0 Å². The number of aliphatic hydroxyl groups is 1. The van der Waals surface area contributed by atoms with Crippen molar-refractivity contribution in [1.82, 2.24) is 0 Å². The molecule has 1 N–H and O–H groups in total. The predicted octanol–water partition coefficient (Wildman–Crippen LogP) is 5.60. The Hall–Kier alpha value is -2.54. The number of allylic oxidation sites excluding steroid dienone is 1. The summed E-state index contributed by atoms with van der Waals surface area (Å²) in [7, 11) is 0. The standard InChI is InChI=1S/C22H19N3OS.Co/c1-2-25-19-13-12-16-8-6-7-11-18(16)21(19)27-20(25)14-15-23-24-22(26)17-9-4-3-5-10-17;/h3-15H,2H2,1H3,(H,24,26);/b20-14+,23-15+;. The van der Waals surface area contributed by atoms with Crippen molar-refractivity contribution in [3.8, 4) is 0 Å². The number of fused-ring (bicyclic) bond motifs is 3. The Morgan fingerprint density at radius 1 is 1.04 bits per heavy atom. The molecule has 3 aromatic rings. The summed E-state index contributed by atoms with van der Waals surface area (Å²) in [5.41, 5.74) is 1.86. The van der Waals surface area contributed by atoms with Crippen molar-refractivity contribution < 1.29 is 21.9 Å². The zero-order valence-electron chi connectivity index (χ0n) is 15.2. The van der Waals surface area contributed by atoms with Crippen LogP contribution in [0.25, 0.3) is 10.8 Å². The summed E-state index contributed by atoms with van der Waals surface area (Å²) in [5.74, 6) is -0.0917. The SMILES string of the molecule is CCN1\C(=C/C=N/N=C(\O)c2ccccc2)Sc2c1ccc1ccccc21.[Co]. The van der Waals surface area contributed by atoms with Crippen molar-refractivity contribution >= 4 is 40.3 Å². The van der Waals surface area contributed by atoms with Crippen molar-refractivity contribution in [3.05, 3.63) is 83.4 Å². The number of rotatable bonds is 4. The molecule has 0 spiro atoms. The first-order valence-corrected chi connectivity index (χ1v) is 9.62. The number of aliphatic hydroxyl groups excluding tert-OH is 1. The molecule has 0 aliphatic carbocycles. The Morgan fingerprint density at radius 3 is 2.57 bits per heavy atom. The fourth-order valence-electron chi connectivity index (χ4n) is 3.11. The van der Waals surface area contributed by atoms with E-state index < -0.39 is 0 Å². The van der Waals surface area contributed by atoms with E-state index in [1.807, 2.05) is 24.3 Å². The van der Waals surface area contributed by atoms with E-state index >= 15 is 0 Å². The second kappa shape index (κ2) is 9.10. The summed E-state index contributed by atoms with van der Waals surface area (Å²) in [4.78, 5) is 3.53. The van der Waals surface area contributed by atoms with E-state index in [1.165, 1.54) is 21.4 Å². The number of hydrogen-bond donors (Lipinski definition) is 1. The van der Waals surface area contributed by atoms with Gasteiger partial charge in [-0.15, -0.1) is 5.10 Å². The first-order chi connectivity index (χ1) is 13.3. The summed E-state index contributed by atoms with van der Waals surface area (Å²) < 4.78 is 0. The van der Waals surface area contributed by atoms with Gasteiger partial charge in [0.2, 0.25) is 5.90 Å². The van der Waals surface area contributed by atoms with Gasteiger partial charge in [0.25, 0.3) is 0 Å². The first kappa shape index (κ1) is 20.2. The summed E-state index contributed by atoms with van der Waals surface area (Å²) in [6.45, 7) is 3.01. The van der Waals surface area contributed by atoms with Gasteiger partial charge in [-0.2, -0.15) is 5.10 Å². The Labute approximate surface area is 178 Å². The molecule has 0 aromatic heterocycles. The van der Waals surface area contributed by atoms with Gasteiger partial charge in [-0.25, -0.2) is 0 Å². The molecule has 1 radical (unpaired) electrons. The monoisotopic (exact) mass is 432 g/mol. The average Bonchev–Trinajstić information content (AvgIpc) is 3.09. The number of nitrogens with zero attached hydrogens (tertiary/aromatic N) is 3. The number of benzene rings is 3. The molecule has 28 heavy (non-hydrogen) atoms. The van der Waals surface area contributed by atoms with Crippen molar-refractivity contribution in [1.29, 1.82) is 0 Å². The molecule has 3 aromatic carbocycles. The maximum Gasteiger partial charge on any atom is 0.238 e. The smallest absolute Gasteiger partial charge is 0.238 e. The normalized spacial score (nSPS) is 15.2. The maximum absolute atomic E-state index is 9.97. The summed E-state index contributed by atoms with van der Waals surface area (Å²) in [5, 5.41) is 21.5. The number of anilines is 1. The van der Waals surface area contributed by atoms with Crippen LogP contribution in [0.1, 0.15) is 12.5 Å². The van der Waals surface area contributed by atoms with Crippen LogP contribution in [0.4, 0.5) is 5.69 Å². The van der Waals surface area contributed by atoms with Crippen LogP contribution in [0, 0.1) is 0 Å². The molecule has 1 aliphatic rings. The minimum absolute atomic E-state index is 0.